The van der Waals surface area contributed by atoms with Gasteiger partial charge in [0.2, 0.25) is 0 Å². The van der Waals surface area contributed by atoms with Crippen molar-refractivity contribution in [1.29, 1.82) is 0 Å². The highest BCUT2D eigenvalue weighted by Crippen LogP contribution is 2.44. The van der Waals surface area contributed by atoms with E-state index in [1.807, 2.05) is 12.3 Å². The van der Waals surface area contributed by atoms with Crippen LogP contribution in [-0.2, 0) is 15.7 Å². The monoisotopic (exact) mass is 468 g/mol. The summed E-state index contributed by atoms with van der Waals surface area (Å²) in [6.07, 6.45) is 9.89. The van der Waals surface area contributed by atoms with Gasteiger partial charge >= 0.3 is 0 Å². The molecule has 5 nitrogen and oxygen atoms in total. The summed E-state index contributed by atoms with van der Waals surface area (Å²) in [4.78, 5) is 15.8. The Bertz CT molecular complexity index is 1060. The maximum absolute atomic E-state index is 6.15. The molecule has 170 valence electrons. The molecule has 0 radical (unpaired) electrons. The quantitative estimate of drug-likeness (QED) is 0.588. The molecule has 32 heavy (non-hydrogen) atoms. The Morgan fingerprint density at radius 2 is 1.84 bits per heavy atom. The number of fused-ring (bicyclic) bond motifs is 1. The predicted molar refractivity (Wildman–Crippen MR) is 139 cm³/mol. The van der Waals surface area contributed by atoms with Crippen LogP contribution in [0.2, 0.25) is 0 Å². The zero-order valence-electron chi connectivity index (χ0n) is 19.3. The normalized spacial score (nSPS) is 24.0. The molecule has 2 fully saturated rings. The molecule has 2 saturated heterocycles. The highest BCUT2D eigenvalue weighted by atomic mass is 32.1. The van der Waals surface area contributed by atoms with Gasteiger partial charge in [-0.2, -0.15) is 0 Å². The lowest BCUT2D eigenvalue weighted by Gasteiger charge is -2.39. The van der Waals surface area contributed by atoms with Crippen molar-refractivity contribution in [3.05, 3.63) is 34.9 Å². The van der Waals surface area contributed by atoms with Crippen LogP contribution in [0.25, 0.3) is 10.2 Å². The molecule has 1 aromatic carbocycles. The van der Waals surface area contributed by atoms with Crippen LogP contribution in [0.4, 0.5) is 5.69 Å². The number of hydrogen-bond donors (Lipinski definition) is 0. The first-order chi connectivity index (χ1) is 15.4. The number of rotatable bonds is 3. The summed E-state index contributed by atoms with van der Waals surface area (Å²) in [6, 6.07) is 4.62. The van der Waals surface area contributed by atoms with Crippen LogP contribution in [0.1, 0.15) is 50.6 Å². The molecule has 7 heteroatoms. The molecular formula is C25H32N4OS2. The highest BCUT2D eigenvalue weighted by Gasteiger charge is 2.41. The van der Waals surface area contributed by atoms with E-state index in [0.29, 0.717) is 13.2 Å². The average molecular weight is 469 g/mol. The molecule has 2 aromatic rings. The van der Waals surface area contributed by atoms with Crippen LogP contribution in [0.5, 0.6) is 0 Å². The van der Waals surface area contributed by atoms with E-state index in [-0.39, 0.29) is 5.41 Å². The second-order valence-electron chi connectivity index (χ2n) is 9.96. The summed E-state index contributed by atoms with van der Waals surface area (Å²) in [5.41, 5.74) is 2.91. The summed E-state index contributed by atoms with van der Waals surface area (Å²) in [6.45, 7) is 11.9. The first-order valence-corrected chi connectivity index (χ1v) is 12.9. The molecule has 0 saturated carbocycles. The van der Waals surface area contributed by atoms with E-state index in [1.165, 1.54) is 40.2 Å². The van der Waals surface area contributed by atoms with Gasteiger partial charge in [0.05, 0.1) is 28.4 Å². The maximum Gasteiger partial charge on any atom is 0.156 e. The Balaban J connectivity index is 1.68. The molecule has 0 bridgehead atoms. The second kappa shape index (κ2) is 8.50. The van der Waals surface area contributed by atoms with Gasteiger partial charge in [0.15, 0.2) is 5.54 Å². The number of nitrogens with zero attached hydrogens (tertiary/aromatic N) is 4. The van der Waals surface area contributed by atoms with Crippen LogP contribution in [0, 0.1) is 0 Å². The third kappa shape index (κ3) is 3.88. The summed E-state index contributed by atoms with van der Waals surface area (Å²) in [7, 11) is 0. The molecule has 0 spiro atoms. The van der Waals surface area contributed by atoms with Crippen molar-refractivity contribution in [3.63, 3.8) is 0 Å². The van der Waals surface area contributed by atoms with E-state index in [2.05, 4.69) is 48.8 Å². The van der Waals surface area contributed by atoms with E-state index < -0.39 is 5.54 Å². The number of piperidine rings is 1. The van der Waals surface area contributed by atoms with Gasteiger partial charge < -0.3 is 14.5 Å². The number of aliphatic imine (C=N–C) groups is 1. The van der Waals surface area contributed by atoms with Gasteiger partial charge in [-0.1, -0.05) is 33.0 Å². The average Bonchev–Trinajstić information content (AvgIpc) is 3.46. The van der Waals surface area contributed by atoms with Crippen molar-refractivity contribution in [2.45, 2.75) is 51.0 Å². The van der Waals surface area contributed by atoms with Gasteiger partial charge in [-0.3, -0.25) is 4.99 Å². The Morgan fingerprint density at radius 1 is 1.09 bits per heavy atom. The van der Waals surface area contributed by atoms with Crippen LogP contribution >= 0.6 is 23.6 Å². The first-order valence-electron chi connectivity index (χ1n) is 11.7. The van der Waals surface area contributed by atoms with Crippen molar-refractivity contribution >= 4 is 50.7 Å². The van der Waals surface area contributed by atoms with Gasteiger partial charge in [-0.05, 0) is 43.5 Å². The van der Waals surface area contributed by atoms with Gasteiger partial charge in [-0.25, -0.2) is 4.98 Å². The number of allylic oxidation sites excluding steroid dienone is 1. The van der Waals surface area contributed by atoms with Crippen molar-refractivity contribution in [3.8, 4) is 0 Å². The lowest BCUT2D eigenvalue weighted by atomic mass is 9.87. The van der Waals surface area contributed by atoms with Crippen molar-refractivity contribution < 1.29 is 4.74 Å². The fourth-order valence-electron chi connectivity index (χ4n) is 4.78. The summed E-state index contributed by atoms with van der Waals surface area (Å²) >= 11 is 7.95. The number of thiazole rings is 1. The Hall–Kier alpha value is -1.83. The molecular weight excluding hydrogens is 436 g/mol. The standard InChI is InChI=1S/C25H32N4OS2/c1-24(2,3)22-27-19-17-20(28-10-5-4-6-11-28)18(16-21(19)32-22)25(8-7-9-26-25)23(31)29-12-14-30-15-13-29/h7-9,16-17H,4-6,10-15H2,1-3H3. The van der Waals surface area contributed by atoms with E-state index in [4.69, 9.17) is 26.9 Å². The summed E-state index contributed by atoms with van der Waals surface area (Å²) in [5.74, 6) is 0. The largest absolute Gasteiger partial charge is 0.378 e. The van der Waals surface area contributed by atoms with Crippen LogP contribution < -0.4 is 4.90 Å². The minimum atomic E-state index is -0.639. The molecule has 5 rings (SSSR count). The van der Waals surface area contributed by atoms with Gasteiger partial charge in [-0.15, -0.1) is 11.3 Å². The zero-order chi connectivity index (χ0) is 22.3. The number of anilines is 1. The molecule has 0 N–H and O–H groups in total. The molecule has 0 amide bonds. The number of thiocarbonyl (C=S) groups is 1. The van der Waals surface area contributed by atoms with Crippen molar-refractivity contribution in [1.82, 2.24) is 9.88 Å². The Labute approximate surface area is 200 Å². The van der Waals surface area contributed by atoms with Gasteiger partial charge in [0.1, 0.15) is 4.99 Å². The van der Waals surface area contributed by atoms with E-state index in [0.717, 1.165) is 36.7 Å². The predicted octanol–water partition coefficient (Wildman–Crippen LogP) is 5.08. The number of aromatic nitrogens is 1. The Kier molecular flexibility index (Phi) is 5.84. The molecule has 1 unspecified atom stereocenters. The van der Waals surface area contributed by atoms with Gasteiger partial charge in [0, 0.05) is 49.1 Å². The fraction of sp³-hybridized carbons (Fsp3) is 0.560. The number of hydrogen-bond acceptors (Lipinski definition) is 6. The topological polar surface area (TPSA) is 41.0 Å². The molecule has 1 atom stereocenters. The lowest BCUT2D eigenvalue weighted by Crippen LogP contribution is -2.48. The maximum atomic E-state index is 6.15. The lowest BCUT2D eigenvalue weighted by molar-refractivity contribution is 0.0671. The van der Waals surface area contributed by atoms with Crippen LogP contribution in [0.3, 0.4) is 0 Å². The second-order valence-corrected chi connectivity index (χ2v) is 11.4. The molecule has 0 aliphatic carbocycles. The Morgan fingerprint density at radius 3 is 2.50 bits per heavy atom. The van der Waals surface area contributed by atoms with Crippen molar-refractivity contribution in [2.75, 3.05) is 44.3 Å². The third-order valence-corrected chi connectivity index (χ3v) is 8.59. The SMILES string of the molecule is CC(C)(C)c1nc2cc(N3CCCCC3)c(C3(C(=S)N4CCOCC4)C=CC=N3)cc2s1. The minimum Gasteiger partial charge on any atom is -0.378 e. The number of benzene rings is 1. The summed E-state index contributed by atoms with van der Waals surface area (Å²) < 4.78 is 6.80. The molecule has 3 aliphatic heterocycles. The molecule has 3 aliphatic rings. The highest BCUT2D eigenvalue weighted by molar-refractivity contribution is 7.80. The fourth-order valence-corrected chi connectivity index (χ4v) is 6.24. The smallest absolute Gasteiger partial charge is 0.156 e. The van der Waals surface area contributed by atoms with Crippen LogP contribution in [0.15, 0.2) is 29.3 Å². The first kappa shape index (κ1) is 22.0. The molecule has 4 heterocycles. The number of ether oxygens (including phenoxy) is 1. The van der Waals surface area contributed by atoms with E-state index in [9.17, 15) is 0 Å². The van der Waals surface area contributed by atoms with Crippen LogP contribution in [-0.4, -0.2) is 60.5 Å². The van der Waals surface area contributed by atoms with Gasteiger partial charge in [0.25, 0.3) is 0 Å². The minimum absolute atomic E-state index is 0.0291. The summed E-state index contributed by atoms with van der Waals surface area (Å²) in [5, 5.41) is 1.17. The van der Waals surface area contributed by atoms with Crippen molar-refractivity contribution in [2.24, 2.45) is 4.99 Å². The third-order valence-electron chi connectivity index (χ3n) is 6.58. The molecule has 1 aromatic heterocycles. The zero-order valence-corrected chi connectivity index (χ0v) is 20.9. The van der Waals surface area contributed by atoms with E-state index in [1.54, 1.807) is 11.3 Å². The number of morpholine rings is 1. The van der Waals surface area contributed by atoms with E-state index >= 15 is 0 Å².